The Hall–Kier alpha value is -0.940. The fraction of sp³-hybridized carbons (Fsp3) is 0.867. The Morgan fingerprint density at radius 3 is 2.55 bits per heavy atom. The molecule has 1 fully saturated rings. The van der Waals surface area contributed by atoms with Crippen molar-refractivity contribution in [3.05, 3.63) is 11.6 Å². The number of nitrogens with zero attached hydrogens (tertiary/aromatic N) is 2. The van der Waals surface area contributed by atoms with Gasteiger partial charge in [0.25, 0.3) is 0 Å². The summed E-state index contributed by atoms with van der Waals surface area (Å²) in [7, 11) is 0. The molecule has 1 aliphatic carbocycles. The number of H-pyrrole nitrogens is 1. The second-order valence-electron chi connectivity index (χ2n) is 6.59. The van der Waals surface area contributed by atoms with Gasteiger partial charge in [0.15, 0.2) is 5.82 Å². The Kier molecular flexibility index (Phi) is 4.81. The highest BCUT2D eigenvalue weighted by Crippen LogP contribution is 2.46. The molecular formula is C15H28N4O. The predicted molar refractivity (Wildman–Crippen MR) is 79.3 cm³/mol. The van der Waals surface area contributed by atoms with Gasteiger partial charge in [-0.15, -0.1) is 0 Å². The Morgan fingerprint density at radius 1 is 1.25 bits per heavy atom. The molecule has 114 valence electrons. The Balaban J connectivity index is 2.14. The van der Waals surface area contributed by atoms with E-state index >= 15 is 0 Å². The molecule has 2 rings (SSSR count). The molecular weight excluding hydrogens is 252 g/mol. The lowest BCUT2D eigenvalue weighted by atomic mass is 9.70. The molecule has 0 aromatic carbocycles. The summed E-state index contributed by atoms with van der Waals surface area (Å²) in [5.41, 5.74) is 5.65. The average Bonchev–Trinajstić information content (AvgIpc) is 2.89. The van der Waals surface area contributed by atoms with Crippen LogP contribution < -0.4 is 5.73 Å². The van der Waals surface area contributed by atoms with Crippen LogP contribution in [0.4, 0.5) is 0 Å². The molecule has 1 aromatic rings. The van der Waals surface area contributed by atoms with Crippen LogP contribution in [0.15, 0.2) is 0 Å². The van der Waals surface area contributed by atoms with Gasteiger partial charge in [0.05, 0.1) is 0 Å². The molecule has 1 saturated carbocycles. The van der Waals surface area contributed by atoms with Crippen LogP contribution in [-0.4, -0.2) is 28.3 Å². The number of aryl methyl sites for hydroxylation is 1. The summed E-state index contributed by atoms with van der Waals surface area (Å²) >= 11 is 0. The van der Waals surface area contributed by atoms with Crippen LogP contribution in [0.2, 0.25) is 0 Å². The van der Waals surface area contributed by atoms with Crippen molar-refractivity contribution >= 4 is 0 Å². The van der Waals surface area contributed by atoms with E-state index in [0.29, 0.717) is 18.6 Å². The molecule has 20 heavy (non-hydrogen) atoms. The van der Waals surface area contributed by atoms with Gasteiger partial charge in [0.1, 0.15) is 11.4 Å². The maximum Gasteiger partial charge on any atom is 0.182 e. The monoisotopic (exact) mass is 280 g/mol. The molecule has 0 unspecified atom stereocenters. The molecule has 0 spiro atoms. The summed E-state index contributed by atoms with van der Waals surface area (Å²) < 4.78 is 6.10. The van der Waals surface area contributed by atoms with E-state index in [4.69, 9.17) is 10.5 Å². The molecule has 0 amide bonds. The number of rotatable bonds is 6. The Morgan fingerprint density at radius 2 is 1.95 bits per heavy atom. The summed E-state index contributed by atoms with van der Waals surface area (Å²) in [6.45, 7) is 8.08. The predicted octanol–water partition coefficient (Wildman–Crippen LogP) is 2.53. The molecule has 1 aliphatic rings. The largest absolute Gasteiger partial charge is 0.367 e. The highest BCUT2D eigenvalue weighted by molar-refractivity contribution is 5.06. The summed E-state index contributed by atoms with van der Waals surface area (Å²) in [6, 6.07) is 0. The van der Waals surface area contributed by atoms with E-state index in [1.807, 2.05) is 6.92 Å². The summed E-state index contributed by atoms with van der Waals surface area (Å²) in [5.74, 6) is 1.76. The molecule has 5 nitrogen and oxygen atoms in total. The molecule has 3 N–H and O–H groups in total. The maximum absolute atomic E-state index is 6.10. The SMILES string of the molecule is CCOC1(c2n[nH]c(CCCN)n2)CCC(C)(C)CC1. The van der Waals surface area contributed by atoms with Gasteiger partial charge in [0.2, 0.25) is 0 Å². The number of aromatic nitrogens is 3. The van der Waals surface area contributed by atoms with Crippen molar-refractivity contribution < 1.29 is 4.74 Å². The van der Waals surface area contributed by atoms with Crippen molar-refractivity contribution in [3.8, 4) is 0 Å². The van der Waals surface area contributed by atoms with E-state index in [-0.39, 0.29) is 5.60 Å². The second kappa shape index (κ2) is 6.22. The first-order chi connectivity index (χ1) is 9.51. The maximum atomic E-state index is 6.10. The molecule has 0 atom stereocenters. The number of aromatic amines is 1. The minimum Gasteiger partial charge on any atom is -0.367 e. The molecule has 0 radical (unpaired) electrons. The molecule has 5 heteroatoms. The van der Waals surface area contributed by atoms with E-state index in [1.54, 1.807) is 0 Å². The third-order valence-corrected chi connectivity index (χ3v) is 4.39. The van der Waals surface area contributed by atoms with Gasteiger partial charge in [0, 0.05) is 13.0 Å². The van der Waals surface area contributed by atoms with Crippen LogP contribution in [0, 0.1) is 5.41 Å². The van der Waals surface area contributed by atoms with Crippen LogP contribution >= 0.6 is 0 Å². The van der Waals surface area contributed by atoms with Crippen molar-refractivity contribution in [2.75, 3.05) is 13.2 Å². The van der Waals surface area contributed by atoms with E-state index in [9.17, 15) is 0 Å². The van der Waals surface area contributed by atoms with E-state index in [1.165, 1.54) is 0 Å². The van der Waals surface area contributed by atoms with Gasteiger partial charge < -0.3 is 10.5 Å². The van der Waals surface area contributed by atoms with Gasteiger partial charge in [-0.3, -0.25) is 5.10 Å². The smallest absolute Gasteiger partial charge is 0.182 e. The quantitative estimate of drug-likeness (QED) is 0.839. The molecule has 0 saturated heterocycles. The van der Waals surface area contributed by atoms with Gasteiger partial charge in [-0.1, -0.05) is 13.8 Å². The van der Waals surface area contributed by atoms with E-state index in [2.05, 4.69) is 29.0 Å². The van der Waals surface area contributed by atoms with Gasteiger partial charge in [-0.2, -0.15) is 5.10 Å². The first-order valence-corrected chi connectivity index (χ1v) is 7.77. The zero-order valence-electron chi connectivity index (χ0n) is 13.0. The number of hydrogen-bond acceptors (Lipinski definition) is 4. The van der Waals surface area contributed by atoms with Crippen molar-refractivity contribution in [3.63, 3.8) is 0 Å². The van der Waals surface area contributed by atoms with Crippen LogP contribution in [0.1, 0.15) is 64.5 Å². The Bertz CT molecular complexity index is 417. The number of hydrogen-bond donors (Lipinski definition) is 2. The summed E-state index contributed by atoms with van der Waals surface area (Å²) in [5, 5.41) is 7.47. The van der Waals surface area contributed by atoms with Crippen molar-refractivity contribution in [1.29, 1.82) is 0 Å². The molecule has 0 aliphatic heterocycles. The highest BCUT2D eigenvalue weighted by Gasteiger charge is 2.43. The zero-order valence-corrected chi connectivity index (χ0v) is 13.0. The number of nitrogens with one attached hydrogen (secondary N) is 1. The lowest BCUT2D eigenvalue weighted by Crippen LogP contribution is -2.38. The van der Waals surface area contributed by atoms with E-state index < -0.39 is 0 Å². The average molecular weight is 280 g/mol. The Labute approximate surface area is 121 Å². The standard InChI is InChI=1S/C15H28N4O/c1-4-20-15(9-7-14(2,3)8-10-15)13-17-12(18-19-13)6-5-11-16/h4-11,16H2,1-3H3,(H,17,18,19). The van der Waals surface area contributed by atoms with Crippen molar-refractivity contribution in [2.45, 2.75) is 64.9 Å². The number of nitrogens with two attached hydrogens (primary N) is 1. The van der Waals surface area contributed by atoms with Gasteiger partial charge in [-0.05, 0) is 51.0 Å². The zero-order chi connectivity index (χ0) is 14.6. The summed E-state index contributed by atoms with van der Waals surface area (Å²) in [4.78, 5) is 4.66. The fourth-order valence-electron chi connectivity index (χ4n) is 2.92. The van der Waals surface area contributed by atoms with Crippen molar-refractivity contribution in [2.24, 2.45) is 11.1 Å². The van der Waals surface area contributed by atoms with Crippen LogP contribution in [0.3, 0.4) is 0 Å². The molecule has 1 heterocycles. The lowest BCUT2D eigenvalue weighted by molar-refractivity contribution is -0.0946. The normalized spacial score (nSPS) is 21.0. The number of ether oxygens (including phenoxy) is 1. The van der Waals surface area contributed by atoms with E-state index in [0.717, 1.165) is 50.2 Å². The highest BCUT2D eigenvalue weighted by atomic mass is 16.5. The van der Waals surface area contributed by atoms with Crippen LogP contribution in [0.5, 0.6) is 0 Å². The van der Waals surface area contributed by atoms with Crippen LogP contribution in [-0.2, 0) is 16.8 Å². The third kappa shape index (κ3) is 3.38. The van der Waals surface area contributed by atoms with Gasteiger partial charge >= 0.3 is 0 Å². The van der Waals surface area contributed by atoms with Gasteiger partial charge in [-0.25, -0.2) is 4.98 Å². The molecule has 0 bridgehead atoms. The fourth-order valence-corrected chi connectivity index (χ4v) is 2.92. The van der Waals surface area contributed by atoms with Crippen molar-refractivity contribution in [1.82, 2.24) is 15.2 Å². The van der Waals surface area contributed by atoms with Crippen LogP contribution in [0.25, 0.3) is 0 Å². The minimum absolute atomic E-state index is 0.290. The summed E-state index contributed by atoms with van der Waals surface area (Å²) in [6.07, 6.45) is 6.10. The lowest BCUT2D eigenvalue weighted by Gasteiger charge is -2.41. The first kappa shape index (κ1) is 15.4. The molecule has 1 aromatic heterocycles. The first-order valence-electron chi connectivity index (χ1n) is 7.77. The third-order valence-electron chi connectivity index (χ3n) is 4.39. The topological polar surface area (TPSA) is 76.8 Å². The minimum atomic E-state index is -0.290. The second-order valence-corrected chi connectivity index (χ2v) is 6.59.